The van der Waals surface area contributed by atoms with Crippen LogP contribution < -0.4 is 5.32 Å². The number of nitrogens with one attached hydrogen (secondary N) is 1. The van der Waals surface area contributed by atoms with Crippen LogP contribution in [0.2, 0.25) is 0 Å². The Morgan fingerprint density at radius 1 is 1.24 bits per heavy atom. The number of fused-ring (bicyclic) bond motifs is 1. The third-order valence-electron chi connectivity index (χ3n) is 2.97. The molecule has 0 radical (unpaired) electrons. The lowest BCUT2D eigenvalue weighted by molar-refractivity contribution is 0.684. The van der Waals surface area contributed by atoms with Crippen molar-refractivity contribution in [3.63, 3.8) is 0 Å². The summed E-state index contributed by atoms with van der Waals surface area (Å²) in [5.74, 6) is 0.902. The number of hydrogen-bond donors (Lipinski definition) is 1. The molecule has 0 fully saturated rings. The molecule has 4 nitrogen and oxygen atoms in total. The first-order valence-corrected chi connectivity index (χ1v) is 6.33. The third-order valence-corrected chi connectivity index (χ3v) is 2.97. The average Bonchev–Trinajstić information content (AvgIpc) is 2.72. The van der Waals surface area contributed by atoms with Crippen LogP contribution in [0.25, 0.3) is 11.0 Å². The first-order valence-electron chi connectivity index (χ1n) is 6.33. The zero-order chi connectivity index (χ0) is 12.1. The van der Waals surface area contributed by atoms with E-state index in [2.05, 4.69) is 22.2 Å². The molecule has 2 heterocycles. The van der Waals surface area contributed by atoms with Gasteiger partial charge in [0.25, 0.3) is 0 Å². The third kappa shape index (κ3) is 2.75. The summed E-state index contributed by atoms with van der Waals surface area (Å²) in [5.41, 5.74) is 2.08. The van der Waals surface area contributed by atoms with Crippen LogP contribution in [-0.4, -0.2) is 21.1 Å². The van der Waals surface area contributed by atoms with E-state index in [1.807, 2.05) is 30.2 Å². The lowest BCUT2D eigenvalue weighted by atomic mass is 10.2. The van der Waals surface area contributed by atoms with E-state index < -0.39 is 0 Å². The number of rotatable bonds is 6. The molecule has 0 aliphatic heterocycles. The van der Waals surface area contributed by atoms with Crippen LogP contribution in [0.5, 0.6) is 0 Å². The number of anilines is 1. The summed E-state index contributed by atoms with van der Waals surface area (Å²) >= 11 is 0. The normalized spacial score (nSPS) is 10.9. The number of hydrogen-bond acceptors (Lipinski definition) is 3. The van der Waals surface area contributed by atoms with Crippen LogP contribution >= 0.6 is 0 Å². The van der Waals surface area contributed by atoms with Gasteiger partial charge in [-0.2, -0.15) is 0 Å². The highest BCUT2D eigenvalue weighted by atomic mass is 15.1. The van der Waals surface area contributed by atoms with E-state index in [9.17, 15) is 0 Å². The Labute approximate surface area is 102 Å². The minimum atomic E-state index is 0.902. The fraction of sp³-hybridized carbons (Fsp3) is 0.538. The Kier molecular flexibility index (Phi) is 3.96. The van der Waals surface area contributed by atoms with Crippen molar-refractivity contribution in [1.29, 1.82) is 0 Å². The molecule has 0 aromatic carbocycles. The second-order valence-corrected chi connectivity index (χ2v) is 4.37. The van der Waals surface area contributed by atoms with Gasteiger partial charge in [0.05, 0.1) is 11.8 Å². The van der Waals surface area contributed by atoms with Gasteiger partial charge >= 0.3 is 0 Å². The van der Waals surface area contributed by atoms with Crippen molar-refractivity contribution >= 4 is 16.9 Å². The van der Waals surface area contributed by atoms with E-state index >= 15 is 0 Å². The smallest absolute Gasteiger partial charge is 0.154 e. The maximum atomic E-state index is 4.37. The van der Waals surface area contributed by atoms with Gasteiger partial charge in [0.2, 0.25) is 0 Å². The lowest BCUT2D eigenvalue weighted by Gasteiger charge is -2.05. The van der Waals surface area contributed by atoms with Crippen molar-refractivity contribution in [3.05, 3.63) is 18.6 Å². The molecule has 0 saturated carbocycles. The average molecular weight is 232 g/mol. The first kappa shape index (κ1) is 11.9. The molecule has 0 atom stereocenters. The number of aryl methyl sites for hydroxylation is 1. The summed E-state index contributed by atoms with van der Waals surface area (Å²) in [6, 6.07) is 1.99. The summed E-state index contributed by atoms with van der Waals surface area (Å²) < 4.78 is 2.01. The SMILES string of the molecule is CCCCCCNc1nccc2c1ncn2C. The zero-order valence-corrected chi connectivity index (χ0v) is 10.6. The molecule has 0 saturated heterocycles. The molecule has 0 amide bonds. The highest BCUT2D eigenvalue weighted by Crippen LogP contribution is 2.18. The maximum Gasteiger partial charge on any atom is 0.154 e. The highest BCUT2D eigenvalue weighted by molar-refractivity contribution is 5.85. The molecular weight excluding hydrogens is 212 g/mol. The van der Waals surface area contributed by atoms with Crippen LogP contribution in [-0.2, 0) is 7.05 Å². The quantitative estimate of drug-likeness (QED) is 0.779. The Hall–Kier alpha value is -1.58. The number of unbranched alkanes of at least 4 members (excludes halogenated alkanes) is 3. The Morgan fingerprint density at radius 3 is 2.94 bits per heavy atom. The monoisotopic (exact) mass is 232 g/mol. The largest absolute Gasteiger partial charge is 0.368 e. The van der Waals surface area contributed by atoms with Crippen molar-refractivity contribution in [2.75, 3.05) is 11.9 Å². The number of aromatic nitrogens is 3. The molecule has 92 valence electrons. The van der Waals surface area contributed by atoms with Gasteiger partial charge in [0.15, 0.2) is 5.82 Å². The van der Waals surface area contributed by atoms with E-state index in [4.69, 9.17) is 0 Å². The first-order chi connectivity index (χ1) is 8.33. The lowest BCUT2D eigenvalue weighted by Crippen LogP contribution is -2.03. The van der Waals surface area contributed by atoms with Crippen LogP contribution in [0.4, 0.5) is 5.82 Å². The van der Waals surface area contributed by atoms with Gasteiger partial charge in [-0.25, -0.2) is 9.97 Å². The van der Waals surface area contributed by atoms with E-state index in [0.29, 0.717) is 0 Å². The molecule has 0 aliphatic rings. The van der Waals surface area contributed by atoms with Gasteiger partial charge in [0.1, 0.15) is 5.52 Å². The predicted octanol–water partition coefficient (Wildman–Crippen LogP) is 2.96. The highest BCUT2D eigenvalue weighted by Gasteiger charge is 2.05. The molecule has 17 heavy (non-hydrogen) atoms. The summed E-state index contributed by atoms with van der Waals surface area (Å²) in [6.07, 6.45) is 8.71. The molecule has 0 bridgehead atoms. The Morgan fingerprint density at radius 2 is 2.12 bits per heavy atom. The van der Waals surface area contributed by atoms with Gasteiger partial charge < -0.3 is 9.88 Å². The summed E-state index contributed by atoms with van der Waals surface area (Å²) in [6.45, 7) is 3.20. The molecule has 0 unspecified atom stereocenters. The number of imidazole rings is 1. The fourth-order valence-electron chi connectivity index (χ4n) is 1.95. The Bertz CT molecular complexity index is 475. The van der Waals surface area contributed by atoms with Gasteiger partial charge in [0, 0.05) is 19.8 Å². The number of pyridine rings is 1. The van der Waals surface area contributed by atoms with Crippen LogP contribution in [0.15, 0.2) is 18.6 Å². The summed E-state index contributed by atoms with van der Waals surface area (Å²) in [7, 11) is 2.00. The van der Waals surface area contributed by atoms with E-state index in [-0.39, 0.29) is 0 Å². The zero-order valence-electron chi connectivity index (χ0n) is 10.6. The molecule has 2 aromatic heterocycles. The van der Waals surface area contributed by atoms with Gasteiger partial charge in [-0.1, -0.05) is 26.2 Å². The minimum Gasteiger partial charge on any atom is -0.368 e. The number of nitrogens with zero attached hydrogens (tertiary/aromatic N) is 3. The van der Waals surface area contributed by atoms with Crippen molar-refractivity contribution in [2.45, 2.75) is 32.6 Å². The molecule has 4 heteroatoms. The maximum absolute atomic E-state index is 4.37. The van der Waals surface area contributed by atoms with Gasteiger partial charge in [-0.3, -0.25) is 0 Å². The second kappa shape index (κ2) is 5.66. The molecule has 2 rings (SSSR count). The Balaban J connectivity index is 1.99. The van der Waals surface area contributed by atoms with Crippen LogP contribution in [0, 0.1) is 0 Å². The van der Waals surface area contributed by atoms with Crippen molar-refractivity contribution in [3.8, 4) is 0 Å². The minimum absolute atomic E-state index is 0.902. The molecule has 0 spiro atoms. The van der Waals surface area contributed by atoms with Crippen molar-refractivity contribution < 1.29 is 0 Å². The van der Waals surface area contributed by atoms with Crippen molar-refractivity contribution in [2.24, 2.45) is 7.05 Å². The van der Waals surface area contributed by atoms with Crippen LogP contribution in [0.3, 0.4) is 0 Å². The van der Waals surface area contributed by atoms with Gasteiger partial charge in [-0.05, 0) is 12.5 Å². The molecular formula is C13H20N4. The second-order valence-electron chi connectivity index (χ2n) is 4.37. The topological polar surface area (TPSA) is 42.7 Å². The van der Waals surface area contributed by atoms with E-state index in [0.717, 1.165) is 23.4 Å². The summed E-state index contributed by atoms with van der Waals surface area (Å²) in [5, 5.41) is 3.37. The standard InChI is InChI=1S/C13H20N4/c1-3-4-5-6-8-14-13-12-11(7-9-15-13)17(2)10-16-12/h7,9-10H,3-6,8H2,1-2H3,(H,14,15). The van der Waals surface area contributed by atoms with Crippen molar-refractivity contribution in [1.82, 2.24) is 14.5 Å². The molecule has 1 N–H and O–H groups in total. The van der Waals surface area contributed by atoms with E-state index in [1.54, 1.807) is 0 Å². The molecule has 0 aliphatic carbocycles. The van der Waals surface area contributed by atoms with Crippen LogP contribution in [0.1, 0.15) is 32.6 Å². The summed E-state index contributed by atoms with van der Waals surface area (Å²) in [4.78, 5) is 8.72. The van der Waals surface area contributed by atoms with Gasteiger partial charge in [-0.15, -0.1) is 0 Å². The fourth-order valence-corrected chi connectivity index (χ4v) is 1.95. The predicted molar refractivity (Wildman–Crippen MR) is 71.1 cm³/mol. The van der Waals surface area contributed by atoms with E-state index in [1.165, 1.54) is 25.7 Å². The molecule has 2 aromatic rings.